The fourth-order valence-electron chi connectivity index (χ4n) is 4.25. The molecule has 0 unspecified atom stereocenters. The molecule has 0 bridgehead atoms. The van der Waals surface area contributed by atoms with Crippen molar-refractivity contribution in [1.29, 1.82) is 0 Å². The molecule has 0 saturated heterocycles. The molecule has 1 amide bonds. The summed E-state index contributed by atoms with van der Waals surface area (Å²) in [6.45, 7) is 5.07. The molecule has 2 heterocycles. The van der Waals surface area contributed by atoms with Crippen LogP contribution in [0.25, 0.3) is 22.2 Å². The molecule has 0 aliphatic heterocycles. The van der Waals surface area contributed by atoms with Crippen molar-refractivity contribution < 1.29 is 35.6 Å². The lowest BCUT2D eigenvalue weighted by atomic mass is 10.1. The molecule has 2 aromatic heterocycles. The number of anilines is 2. The van der Waals surface area contributed by atoms with Gasteiger partial charge in [0.25, 0.3) is 5.91 Å². The maximum atomic E-state index is 13.0. The molecule has 2 aromatic carbocycles. The molecule has 0 spiro atoms. The zero-order valence-electron chi connectivity index (χ0n) is 23.5. The van der Waals surface area contributed by atoms with Crippen molar-refractivity contribution in [3.05, 3.63) is 72.1 Å². The molecule has 4 rings (SSSR count). The summed E-state index contributed by atoms with van der Waals surface area (Å²) >= 11 is 0. The van der Waals surface area contributed by atoms with E-state index in [4.69, 9.17) is 9.15 Å². The van der Waals surface area contributed by atoms with Crippen LogP contribution in [0.1, 0.15) is 30.0 Å². The smallest absolute Gasteiger partial charge is 0.324 e. The van der Waals surface area contributed by atoms with Crippen molar-refractivity contribution in [2.75, 3.05) is 23.4 Å². The van der Waals surface area contributed by atoms with Gasteiger partial charge in [0.1, 0.15) is 11.6 Å². The van der Waals surface area contributed by atoms with Crippen LogP contribution in [0.3, 0.4) is 0 Å². The SMILES string of the molecule is COC(=O)[C@@H](NS(=O)(=O)c1ccc(-c2ccc(NC(=O)c3oc4cccc(NS(C)(=O)=O)c4c3C)cn2)cc1)C(C)C. The number of fused-ring (bicyclic) bond motifs is 1. The van der Waals surface area contributed by atoms with E-state index in [1.54, 1.807) is 63.2 Å². The highest BCUT2D eigenvalue weighted by Gasteiger charge is 2.29. The van der Waals surface area contributed by atoms with Crippen molar-refractivity contribution in [2.45, 2.75) is 31.7 Å². The number of methoxy groups -OCH3 is 1. The second-order valence-electron chi connectivity index (χ2n) is 9.89. The van der Waals surface area contributed by atoms with Gasteiger partial charge in [0.05, 0.1) is 41.5 Å². The molecule has 0 radical (unpaired) electrons. The van der Waals surface area contributed by atoms with Crippen LogP contribution in [-0.4, -0.2) is 53.1 Å². The molecule has 42 heavy (non-hydrogen) atoms. The van der Waals surface area contributed by atoms with E-state index in [0.29, 0.717) is 39.2 Å². The molecule has 4 aromatic rings. The van der Waals surface area contributed by atoms with Crippen LogP contribution in [-0.2, 0) is 29.6 Å². The number of carbonyl (C=O) groups is 2. The first-order chi connectivity index (χ1) is 19.7. The van der Waals surface area contributed by atoms with Crippen LogP contribution in [0, 0.1) is 12.8 Å². The summed E-state index contributed by atoms with van der Waals surface area (Å²) in [6, 6.07) is 13.1. The predicted octanol–water partition coefficient (Wildman–Crippen LogP) is 3.90. The highest BCUT2D eigenvalue weighted by molar-refractivity contribution is 7.92. The number of hydrogen-bond acceptors (Lipinski definition) is 9. The third-order valence-corrected chi connectivity index (χ3v) is 8.39. The first kappa shape index (κ1) is 30.7. The topological polar surface area (TPSA) is 174 Å². The van der Waals surface area contributed by atoms with E-state index >= 15 is 0 Å². The number of sulfonamides is 2. The summed E-state index contributed by atoms with van der Waals surface area (Å²) in [7, 11) is -6.34. The lowest BCUT2D eigenvalue weighted by molar-refractivity contribution is -0.143. The van der Waals surface area contributed by atoms with E-state index in [0.717, 1.165) is 6.26 Å². The van der Waals surface area contributed by atoms with Gasteiger partial charge in [-0.3, -0.25) is 19.3 Å². The first-order valence-corrected chi connectivity index (χ1v) is 16.1. The fourth-order valence-corrected chi connectivity index (χ4v) is 6.16. The number of ether oxygens (including phenoxy) is 1. The van der Waals surface area contributed by atoms with Crippen LogP contribution < -0.4 is 14.8 Å². The fraction of sp³-hybridized carbons (Fsp3) is 0.250. The Bertz CT molecular complexity index is 1850. The lowest BCUT2D eigenvalue weighted by Gasteiger charge is -2.19. The Labute approximate surface area is 243 Å². The molecule has 222 valence electrons. The van der Waals surface area contributed by atoms with Crippen molar-refractivity contribution >= 4 is 54.3 Å². The average Bonchev–Trinajstić information content (AvgIpc) is 3.28. The summed E-state index contributed by atoms with van der Waals surface area (Å²) in [5, 5.41) is 3.20. The van der Waals surface area contributed by atoms with E-state index in [2.05, 4.69) is 19.7 Å². The number of nitrogens with one attached hydrogen (secondary N) is 3. The minimum atomic E-state index is -3.99. The number of pyridine rings is 1. The van der Waals surface area contributed by atoms with Gasteiger partial charge in [0, 0.05) is 16.5 Å². The van der Waals surface area contributed by atoms with E-state index in [1.807, 2.05) is 0 Å². The quantitative estimate of drug-likeness (QED) is 0.224. The Hall–Kier alpha value is -4.27. The minimum absolute atomic E-state index is 0.0224. The molecule has 0 aliphatic rings. The van der Waals surface area contributed by atoms with Crippen LogP contribution in [0.4, 0.5) is 11.4 Å². The van der Waals surface area contributed by atoms with Gasteiger partial charge in [-0.15, -0.1) is 0 Å². The van der Waals surface area contributed by atoms with Crippen LogP contribution >= 0.6 is 0 Å². The second-order valence-corrected chi connectivity index (χ2v) is 13.3. The van der Waals surface area contributed by atoms with Gasteiger partial charge >= 0.3 is 5.97 Å². The molecule has 3 N–H and O–H groups in total. The number of benzene rings is 2. The molecular weight excluding hydrogens is 584 g/mol. The normalized spacial score (nSPS) is 12.7. The minimum Gasteiger partial charge on any atom is -0.468 e. The zero-order valence-corrected chi connectivity index (χ0v) is 25.1. The summed E-state index contributed by atoms with van der Waals surface area (Å²) in [5.41, 5.74) is 2.65. The number of aryl methyl sites for hydroxylation is 1. The molecule has 0 aliphatic carbocycles. The monoisotopic (exact) mass is 614 g/mol. The van der Waals surface area contributed by atoms with Gasteiger partial charge in [0.2, 0.25) is 20.0 Å². The third kappa shape index (κ3) is 6.78. The number of carbonyl (C=O) groups excluding carboxylic acids is 2. The van der Waals surface area contributed by atoms with E-state index in [-0.39, 0.29) is 16.6 Å². The number of furan rings is 1. The summed E-state index contributed by atoms with van der Waals surface area (Å²) in [4.78, 5) is 29.3. The molecular formula is C28H30N4O8S2. The molecule has 1 atom stereocenters. The maximum absolute atomic E-state index is 13.0. The highest BCUT2D eigenvalue weighted by atomic mass is 32.2. The Kier molecular flexibility index (Phi) is 8.71. The standard InChI is InChI=1S/C28H30N4O8S2/c1-16(2)25(28(34)39-4)32-42(37,38)20-12-9-18(10-13-20)21-14-11-19(15-29-21)30-27(33)26-17(3)24-22(31-41(5,35)36)7-6-8-23(24)40-26/h6-16,25,31-32H,1-5H3,(H,30,33)/t25-/m0/s1. The van der Waals surface area contributed by atoms with Crippen LogP contribution in [0.15, 0.2) is 70.1 Å². The predicted molar refractivity (Wildman–Crippen MR) is 158 cm³/mol. The maximum Gasteiger partial charge on any atom is 0.324 e. The first-order valence-electron chi connectivity index (χ1n) is 12.7. The highest BCUT2D eigenvalue weighted by Crippen LogP contribution is 2.32. The van der Waals surface area contributed by atoms with E-state index in [1.165, 1.54) is 25.4 Å². The van der Waals surface area contributed by atoms with Gasteiger partial charge in [-0.25, -0.2) is 16.8 Å². The van der Waals surface area contributed by atoms with Crippen molar-refractivity contribution in [2.24, 2.45) is 5.92 Å². The number of hydrogen-bond donors (Lipinski definition) is 3. The number of amides is 1. The Morgan fingerprint density at radius 2 is 1.67 bits per heavy atom. The molecule has 0 fully saturated rings. The van der Waals surface area contributed by atoms with Gasteiger partial charge < -0.3 is 14.5 Å². The second kappa shape index (κ2) is 11.9. The largest absolute Gasteiger partial charge is 0.468 e. The summed E-state index contributed by atoms with van der Waals surface area (Å²) in [6.07, 6.45) is 2.48. The van der Waals surface area contributed by atoms with Gasteiger partial charge in [-0.2, -0.15) is 4.72 Å². The van der Waals surface area contributed by atoms with E-state index in [9.17, 15) is 26.4 Å². The molecule has 14 heteroatoms. The zero-order chi connectivity index (χ0) is 30.8. The number of nitrogens with zero attached hydrogens (tertiary/aromatic N) is 1. The third-order valence-electron chi connectivity index (χ3n) is 6.34. The summed E-state index contributed by atoms with van der Waals surface area (Å²) < 4.78 is 64.4. The van der Waals surface area contributed by atoms with Gasteiger partial charge in [-0.1, -0.05) is 32.0 Å². The van der Waals surface area contributed by atoms with Crippen LogP contribution in [0.5, 0.6) is 0 Å². The van der Waals surface area contributed by atoms with Crippen molar-refractivity contribution in [3.8, 4) is 11.3 Å². The molecule has 0 saturated carbocycles. The number of rotatable bonds is 10. The van der Waals surface area contributed by atoms with E-state index < -0.39 is 38.0 Å². The van der Waals surface area contributed by atoms with Gasteiger partial charge in [0.15, 0.2) is 5.76 Å². The Morgan fingerprint density at radius 1 is 0.976 bits per heavy atom. The number of esters is 1. The Balaban J connectivity index is 1.49. The van der Waals surface area contributed by atoms with Crippen molar-refractivity contribution in [1.82, 2.24) is 9.71 Å². The molecule has 12 nitrogen and oxygen atoms in total. The Morgan fingerprint density at radius 3 is 2.24 bits per heavy atom. The van der Waals surface area contributed by atoms with Crippen LogP contribution in [0.2, 0.25) is 0 Å². The summed E-state index contributed by atoms with van der Waals surface area (Å²) in [5.74, 6) is -1.52. The lowest BCUT2D eigenvalue weighted by Crippen LogP contribution is -2.44. The number of aromatic nitrogens is 1. The van der Waals surface area contributed by atoms with Crippen molar-refractivity contribution in [3.63, 3.8) is 0 Å². The average molecular weight is 615 g/mol. The van der Waals surface area contributed by atoms with Gasteiger partial charge in [-0.05, 0) is 49.2 Å².